The van der Waals surface area contributed by atoms with E-state index < -0.39 is 11.7 Å². The molecule has 1 amide bonds. The van der Waals surface area contributed by atoms with Crippen LogP contribution in [-0.2, 0) is 16.0 Å². The number of carbonyl (C=O) groups is 1. The molecule has 1 aromatic rings. The quantitative estimate of drug-likeness (QED) is 0.751. The van der Waals surface area contributed by atoms with Gasteiger partial charge in [-0.05, 0) is 40.5 Å². The molecule has 1 aliphatic rings. The fourth-order valence-corrected chi connectivity index (χ4v) is 2.32. The third-order valence-electron chi connectivity index (χ3n) is 3.42. The van der Waals surface area contributed by atoms with Gasteiger partial charge in [-0.2, -0.15) is 5.10 Å². The smallest absolute Gasteiger partial charge is 0.413 e. The van der Waals surface area contributed by atoms with E-state index in [-0.39, 0.29) is 0 Å². The van der Waals surface area contributed by atoms with Gasteiger partial charge in [-0.3, -0.25) is 10.4 Å². The lowest BCUT2D eigenvalue weighted by Gasteiger charge is -2.35. The molecule has 1 fully saturated rings. The van der Waals surface area contributed by atoms with E-state index >= 15 is 0 Å². The van der Waals surface area contributed by atoms with Crippen molar-refractivity contribution >= 4 is 11.9 Å². The van der Waals surface area contributed by atoms with Crippen LogP contribution in [0.2, 0.25) is 0 Å². The highest BCUT2D eigenvalue weighted by molar-refractivity contribution is 5.84. The van der Waals surface area contributed by atoms with Crippen molar-refractivity contribution in [1.82, 2.24) is 15.5 Å². The Hall–Kier alpha value is -1.60. The Morgan fingerprint density at radius 2 is 2.18 bits per heavy atom. The second-order valence-corrected chi connectivity index (χ2v) is 6.52. The summed E-state index contributed by atoms with van der Waals surface area (Å²) in [5.41, 5.74) is 0.383. The highest BCUT2D eigenvalue weighted by Crippen LogP contribution is 2.24. The van der Waals surface area contributed by atoms with Crippen molar-refractivity contribution in [2.24, 2.45) is 0 Å². The molecule has 0 saturated heterocycles. The molecule has 0 bridgehead atoms. The summed E-state index contributed by atoms with van der Waals surface area (Å²) in [6.07, 6.45) is 3.66. The molecule has 124 valence electrons. The SMILES string of the molecule is CCOC1CC(NCc2cn[nH]c2NC(=O)OC(C)(C)C)C1. The Bertz CT molecular complexity index is 489. The lowest BCUT2D eigenvalue weighted by molar-refractivity contribution is -0.0102. The minimum absolute atomic E-state index is 0.381. The van der Waals surface area contributed by atoms with Crippen molar-refractivity contribution < 1.29 is 14.3 Å². The molecule has 2 rings (SSSR count). The van der Waals surface area contributed by atoms with Gasteiger partial charge in [0.05, 0.1) is 12.3 Å². The Morgan fingerprint density at radius 3 is 2.82 bits per heavy atom. The van der Waals surface area contributed by atoms with Gasteiger partial charge in [0.2, 0.25) is 0 Å². The molecule has 1 aliphatic carbocycles. The molecule has 7 heteroatoms. The molecule has 0 aromatic carbocycles. The van der Waals surface area contributed by atoms with E-state index in [1.165, 1.54) is 0 Å². The zero-order valence-electron chi connectivity index (χ0n) is 13.7. The first-order valence-electron chi connectivity index (χ1n) is 7.74. The van der Waals surface area contributed by atoms with Crippen molar-refractivity contribution in [2.75, 3.05) is 11.9 Å². The summed E-state index contributed by atoms with van der Waals surface area (Å²) in [6, 6.07) is 0.459. The van der Waals surface area contributed by atoms with Gasteiger partial charge in [0.25, 0.3) is 0 Å². The summed E-state index contributed by atoms with van der Waals surface area (Å²) in [4.78, 5) is 11.8. The molecule has 0 radical (unpaired) electrons. The maximum Gasteiger partial charge on any atom is 0.413 e. The number of hydrogen-bond acceptors (Lipinski definition) is 5. The number of nitrogens with one attached hydrogen (secondary N) is 3. The van der Waals surface area contributed by atoms with Crippen LogP contribution in [0.5, 0.6) is 0 Å². The van der Waals surface area contributed by atoms with Crippen LogP contribution < -0.4 is 10.6 Å². The lowest BCUT2D eigenvalue weighted by atomic mass is 9.89. The topological polar surface area (TPSA) is 88.3 Å². The number of amides is 1. The molecule has 1 heterocycles. The van der Waals surface area contributed by atoms with Gasteiger partial charge >= 0.3 is 6.09 Å². The first kappa shape index (κ1) is 16.8. The van der Waals surface area contributed by atoms with E-state index in [0.29, 0.717) is 24.5 Å². The summed E-state index contributed by atoms with van der Waals surface area (Å²) >= 11 is 0. The van der Waals surface area contributed by atoms with Crippen molar-refractivity contribution in [3.05, 3.63) is 11.8 Å². The Kier molecular flexibility index (Phi) is 5.42. The van der Waals surface area contributed by atoms with Crippen molar-refractivity contribution in [2.45, 2.75) is 64.8 Å². The highest BCUT2D eigenvalue weighted by atomic mass is 16.6. The largest absolute Gasteiger partial charge is 0.444 e. The molecular formula is C15H26N4O3. The van der Waals surface area contributed by atoms with E-state index in [1.807, 2.05) is 27.7 Å². The number of aromatic amines is 1. The van der Waals surface area contributed by atoms with E-state index in [2.05, 4.69) is 20.8 Å². The van der Waals surface area contributed by atoms with Crippen LogP contribution >= 0.6 is 0 Å². The van der Waals surface area contributed by atoms with Crippen molar-refractivity contribution in [3.63, 3.8) is 0 Å². The molecule has 22 heavy (non-hydrogen) atoms. The summed E-state index contributed by atoms with van der Waals surface area (Å²) < 4.78 is 10.8. The van der Waals surface area contributed by atoms with Gasteiger partial charge in [-0.1, -0.05) is 0 Å². The molecule has 0 aliphatic heterocycles. The second kappa shape index (κ2) is 7.11. The number of nitrogens with zero attached hydrogens (tertiary/aromatic N) is 1. The maximum absolute atomic E-state index is 11.8. The van der Waals surface area contributed by atoms with Gasteiger partial charge in [0.1, 0.15) is 11.4 Å². The van der Waals surface area contributed by atoms with Gasteiger partial charge in [0, 0.05) is 24.8 Å². The molecule has 7 nitrogen and oxygen atoms in total. The molecule has 1 aromatic heterocycles. The highest BCUT2D eigenvalue weighted by Gasteiger charge is 2.29. The normalized spacial score (nSPS) is 21.3. The fourth-order valence-electron chi connectivity index (χ4n) is 2.32. The molecule has 0 atom stereocenters. The summed E-state index contributed by atoms with van der Waals surface area (Å²) in [6.45, 7) is 8.91. The Labute approximate surface area is 131 Å². The average molecular weight is 310 g/mol. The van der Waals surface area contributed by atoms with E-state index in [4.69, 9.17) is 9.47 Å². The predicted molar refractivity (Wildman–Crippen MR) is 83.7 cm³/mol. The maximum atomic E-state index is 11.8. The first-order valence-corrected chi connectivity index (χ1v) is 7.74. The summed E-state index contributed by atoms with van der Waals surface area (Å²) in [5, 5.41) is 12.9. The second-order valence-electron chi connectivity index (χ2n) is 6.52. The predicted octanol–water partition coefficient (Wildman–Crippen LogP) is 2.41. The number of hydrogen-bond donors (Lipinski definition) is 3. The monoisotopic (exact) mass is 310 g/mol. The van der Waals surface area contributed by atoms with Crippen LogP contribution in [0.3, 0.4) is 0 Å². The number of rotatable bonds is 6. The van der Waals surface area contributed by atoms with Gasteiger partial charge in [0.15, 0.2) is 0 Å². The van der Waals surface area contributed by atoms with Crippen molar-refractivity contribution in [1.29, 1.82) is 0 Å². The molecule has 1 saturated carbocycles. The minimum atomic E-state index is -0.525. The fraction of sp³-hybridized carbons (Fsp3) is 0.733. The number of anilines is 1. The van der Waals surface area contributed by atoms with E-state index in [9.17, 15) is 4.79 Å². The van der Waals surface area contributed by atoms with Crippen LogP contribution in [-0.4, -0.2) is 40.6 Å². The molecular weight excluding hydrogens is 284 g/mol. The van der Waals surface area contributed by atoms with E-state index in [1.54, 1.807) is 6.20 Å². The first-order chi connectivity index (χ1) is 10.4. The van der Waals surface area contributed by atoms with Crippen LogP contribution in [0, 0.1) is 0 Å². The average Bonchev–Trinajstić information content (AvgIpc) is 2.76. The standard InChI is InChI=1S/C15H26N4O3/c1-5-21-12-6-11(7-12)16-8-10-9-17-19-13(10)18-14(20)22-15(2,3)4/h9,11-12,16H,5-8H2,1-4H3,(H2,17,18,19,20). The zero-order valence-corrected chi connectivity index (χ0v) is 13.7. The van der Waals surface area contributed by atoms with Crippen LogP contribution in [0.4, 0.5) is 10.6 Å². The third kappa shape index (κ3) is 4.99. The van der Waals surface area contributed by atoms with E-state index in [0.717, 1.165) is 25.0 Å². The van der Waals surface area contributed by atoms with Gasteiger partial charge in [-0.25, -0.2) is 4.79 Å². The Morgan fingerprint density at radius 1 is 1.45 bits per heavy atom. The number of aromatic nitrogens is 2. The third-order valence-corrected chi connectivity index (χ3v) is 3.42. The molecule has 3 N–H and O–H groups in total. The van der Waals surface area contributed by atoms with Gasteiger partial charge in [-0.15, -0.1) is 0 Å². The van der Waals surface area contributed by atoms with Crippen LogP contribution in [0.15, 0.2) is 6.20 Å². The zero-order chi connectivity index (χ0) is 16.2. The van der Waals surface area contributed by atoms with Crippen LogP contribution in [0.25, 0.3) is 0 Å². The number of H-pyrrole nitrogens is 1. The summed E-state index contributed by atoms with van der Waals surface area (Å²) in [7, 11) is 0. The van der Waals surface area contributed by atoms with Crippen molar-refractivity contribution in [3.8, 4) is 0 Å². The number of carbonyl (C=O) groups excluding carboxylic acids is 1. The Balaban J connectivity index is 1.77. The molecule has 0 spiro atoms. The van der Waals surface area contributed by atoms with Crippen LogP contribution in [0.1, 0.15) is 46.1 Å². The summed E-state index contributed by atoms with van der Waals surface area (Å²) in [5.74, 6) is 0.572. The molecule has 0 unspecified atom stereocenters. The van der Waals surface area contributed by atoms with Gasteiger partial charge < -0.3 is 14.8 Å². The minimum Gasteiger partial charge on any atom is -0.444 e. The lowest BCUT2D eigenvalue weighted by Crippen LogP contribution is -2.45. The number of ether oxygens (including phenoxy) is 2.